The molecular formula is C57H56O8S. The fourth-order valence-electron chi connectivity index (χ4n) is 8.54. The van der Waals surface area contributed by atoms with Crippen molar-refractivity contribution in [1.82, 2.24) is 0 Å². The number of hydrogen-bond acceptors (Lipinski definition) is 9. The van der Waals surface area contributed by atoms with Crippen molar-refractivity contribution >= 4 is 11.8 Å². The van der Waals surface area contributed by atoms with Gasteiger partial charge in [-0.3, -0.25) is 0 Å². The Labute approximate surface area is 392 Å². The largest absolute Gasteiger partial charge is 0.488 e. The molecule has 1 N–H and O–H groups in total. The van der Waals surface area contributed by atoms with Gasteiger partial charge < -0.3 is 38.3 Å². The molecule has 0 radical (unpaired) electrons. The molecule has 5 atom stereocenters. The fraction of sp³-hybridized carbons (Fsp3) is 0.263. The van der Waals surface area contributed by atoms with E-state index in [-0.39, 0.29) is 19.8 Å². The van der Waals surface area contributed by atoms with Crippen molar-refractivity contribution in [3.8, 4) is 17.2 Å². The zero-order chi connectivity index (χ0) is 45.0. The summed E-state index contributed by atoms with van der Waals surface area (Å²) in [7, 11) is 0. The van der Waals surface area contributed by atoms with Crippen molar-refractivity contribution in [2.24, 2.45) is 0 Å². The van der Waals surface area contributed by atoms with Gasteiger partial charge in [0.1, 0.15) is 43.9 Å². The highest BCUT2D eigenvalue weighted by Gasteiger charge is 2.57. The van der Waals surface area contributed by atoms with Gasteiger partial charge in [-0.2, -0.15) is 0 Å². The molecule has 7 aromatic rings. The summed E-state index contributed by atoms with van der Waals surface area (Å²) in [6.07, 6.45) is -1.74. The number of benzene rings is 7. The third kappa shape index (κ3) is 11.4. The minimum Gasteiger partial charge on any atom is -0.488 e. The van der Waals surface area contributed by atoms with E-state index in [1.54, 1.807) is 0 Å². The van der Waals surface area contributed by atoms with Crippen LogP contribution in [0.3, 0.4) is 0 Å². The molecule has 0 bridgehead atoms. The van der Waals surface area contributed by atoms with Gasteiger partial charge in [-0.05, 0) is 82.1 Å². The van der Waals surface area contributed by atoms with Gasteiger partial charge in [0.05, 0.1) is 38.3 Å². The molecule has 1 fully saturated rings. The molecule has 1 saturated heterocycles. The van der Waals surface area contributed by atoms with E-state index in [0.29, 0.717) is 50.8 Å². The van der Waals surface area contributed by atoms with Crippen LogP contribution in [-0.4, -0.2) is 48.5 Å². The van der Waals surface area contributed by atoms with Crippen LogP contribution in [0.15, 0.2) is 182 Å². The highest BCUT2D eigenvalue weighted by atomic mass is 32.2. The molecule has 7 aromatic carbocycles. The molecule has 9 heteroatoms. The Morgan fingerprint density at radius 2 is 1.03 bits per heavy atom. The third-order valence-corrected chi connectivity index (χ3v) is 13.5. The molecule has 0 saturated carbocycles. The highest BCUT2D eigenvalue weighted by molar-refractivity contribution is 8.00. The summed E-state index contributed by atoms with van der Waals surface area (Å²) in [6.45, 7) is 4.87. The molecule has 0 amide bonds. The van der Waals surface area contributed by atoms with Crippen molar-refractivity contribution in [3.05, 3.63) is 232 Å². The lowest BCUT2D eigenvalue weighted by Crippen LogP contribution is -2.61. The maximum Gasteiger partial charge on any atom is 0.168 e. The lowest BCUT2D eigenvalue weighted by Gasteiger charge is -2.50. The fourth-order valence-corrected chi connectivity index (χ4v) is 10.2. The molecule has 66 heavy (non-hydrogen) atoms. The van der Waals surface area contributed by atoms with Crippen LogP contribution in [0.4, 0.5) is 0 Å². The standard InChI is InChI=1S/C57H56O8S/c1-41-31-51(62-36-43-19-9-3-10-20-43)49(34-48(41)32-47-27-28-50-52(33-47)61-30-29-60-50)57(58)56(65-39-46-25-15-6-16-26-46)55(64-38-45-23-13-5-14-24-45)54(63-37-44-21-11-4-12-22-44)53(66-57)40-59-35-42-17-7-2-8-18-42/h2-28,31,33-34,53-56,58H,29-30,32,35-40H2,1H3. The SMILES string of the molecule is Cc1cc(OCc2ccccc2)c(C2(O)SC(COCc3ccccc3)C(OCc3ccccc3)C(OCc3ccccc3)C2OCc2ccccc2)cc1Cc1ccc2c(c1)OCCO2. The molecular weight excluding hydrogens is 845 g/mol. The van der Waals surface area contributed by atoms with E-state index in [9.17, 15) is 5.11 Å². The van der Waals surface area contributed by atoms with E-state index in [1.165, 1.54) is 11.8 Å². The Morgan fingerprint density at radius 3 is 1.61 bits per heavy atom. The van der Waals surface area contributed by atoms with Gasteiger partial charge in [-0.15, -0.1) is 11.8 Å². The Balaban J connectivity index is 1.16. The van der Waals surface area contributed by atoms with E-state index >= 15 is 0 Å². The van der Waals surface area contributed by atoms with Crippen LogP contribution in [0, 0.1) is 6.92 Å². The number of aryl methyl sites for hydroxylation is 1. The molecule has 5 unspecified atom stereocenters. The predicted octanol–water partition coefficient (Wildman–Crippen LogP) is 11.2. The lowest BCUT2D eigenvalue weighted by molar-refractivity contribution is -0.199. The van der Waals surface area contributed by atoms with Crippen LogP contribution in [0.1, 0.15) is 50.1 Å². The van der Waals surface area contributed by atoms with Crippen LogP contribution >= 0.6 is 11.8 Å². The molecule has 9 rings (SSSR count). The zero-order valence-corrected chi connectivity index (χ0v) is 38.0. The smallest absolute Gasteiger partial charge is 0.168 e. The molecule has 338 valence electrons. The Hall–Kier alpha value is -5.91. The predicted molar refractivity (Wildman–Crippen MR) is 259 cm³/mol. The zero-order valence-electron chi connectivity index (χ0n) is 37.2. The summed E-state index contributed by atoms with van der Waals surface area (Å²) in [5, 5.41) is 13.7. The van der Waals surface area contributed by atoms with Crippen LogP contribution in [0.5, 0.6) is 17.2 Å². The van der Waals surface area contributed by atoms with Gasteiger partial charge in [0.2, 0.25) is 0 Å². The summed E-state index contributed by atoms with van der Waals surface area (Å²) in [4.78, 5) is -1.75. The minimum atomic E-state index is -1.75. The topological polar surface area (TPSA) is 84.8 Å². The van der Waals surface area contributed by atoms with Crippen molar-refractivity contribution in [2.75, 3.05) is 19.8 Å². The van der Waals surface area contributed by atoms with Crippen LogP contribution in [-0.2, 0) is 63.3 Å². The van der Waals surface area contributed by atoms with Crippen molar-refractivity contribution < 1.29 is 38.3 Å². The first kappa shape index (κ1) is 45.3. The first-order chi connectivity index (χ1) is 32.5. The number of fused-ring (bicyclic) bond motifs is 1. The number of ether oxygens (including phenoxy) is 7. The minimum absolute atomic E-state index is 0.219. The number of rotatable bonds is 19. The van der Waals surface area contributed by atoms with Crippen LogP contribution in [0.2, 0.25) is 0 Å². The first-order valence-electron chi connectivity index (χ1n) is 22.7. The van der Waals surface area contributed by atoms with Crippen molar-refractivity contribution in [3.63, 3.8) is 0 Å². The van der Waals surface area contributed by atoms with Gasteiger partial charge in [0, 0.05) is 5.56 Å². The molecule has 8 nitrogen and oxygen atoms in total. The average molecular weight is 901 g/mol. The molecule has 2 aliphatic heterocycles. The molecule has 2 heterocycles. The van der Waals surface area contributed by atoms with Gasteiger partial charge in [0.25, 0.3) is 0 Å². The maximum atomic E-state index is 14.1. The Bertz CT molecular complexity index is 2580. The molecule has 2 aliphatic rings. The van der Waals surface area contributed by atoms with Gasteiger partial charge in [0.15, 0.2) is 16.4 Å². The number of aliphatic hydroxyl groups is 1. The average Bonchev–Trinajstić information content (AvgIpc) is 3.36. The summed E-state index contributed by atoms with van der Waals surface area (Å²) in [5.41, 5.74) is 8.71. The summed E-state index contributed by atoms with van der Waals surface area (Å²) in [5.74, 6) is 2.03. The van der Waals surface area contributed by atoms with Crippen molar-refractivity contribution in [2.45, 2.75) is 74.9 Å². The molecule has 0 aliphatic carbocycles. The summed E-state index contributed by atoms with van der Waals surface area (Å²) in [6, 6.07) is 60.7. The second kappa shape index (κ2) is 22.1. The summed E-state index contributed by atoms with van der Waals surface area (Å²) >= 11 is 1.39. The molecule has 0 aromatic heterocycles. The second-order valence-electron chi connectivity index (χ2n) is 16.8. The third-order valence-electron chi connectivity index (χ3n) is 12.0. The van der Waals surface area contributed by atoms with E-state index in [4.69, 9.17) is 33.2 Å². The quantitative estimate of drug-likeness (QED) is 0.0853. The Kier molecular flexibility index (Phi) is 15.1. The summed E-state index contributed by atoms with van der Waals surface area (Å²) < 4.78 is 46.5. The number of hydrogen-bond donors (Lipinski definition) is 1. The lowest BCUT2D eigenvalue weighted by atomic mass is 9.89. The van der Waals surface area contributed by atoms with E-state index < -0.39 is 28.5 Å². The van der Waals surface area contributed by atoms with Gasteiger partial charge in [-0.25, -0.2) is 0 Å². The van der Waals surface area contributed by atoms with Crippen molar-refractivity contribution in [1.29, 1.82) is 0 Å². The van der Waals surface area contributed by atoms with E-state index in [1.807, 2.05) is 140 Å². The van der Waals surface area contributed by atoms with E-state index in [2.05, 4.69) is 49.4 Å². The monoisotopic (exact) mass is 900 g/mol. The number of thioether (sulfide) groups is 1. The first-order valence-corrected chi connectivity index (χ1v) is 23.5. The van der Waals surface area contributed by atoms with Gasteiger partial charge in [-0.1, -0.05) is 158 Å². The van der Waals surface area contributed by atoms with Crippen LogP contribution < -0.4 is 14.2 Å². The van der Waals surface area contributed by atoms with E-state index in [0.717, 1.165) is 56.0 Å². The Morgan fingerprint density at radius 1 is 0.530 bits per heavy atom. The highest BCUT2D eigenvalue weighted by Crippen LogP contribution is 2.53. The maximum absolute atomic E-state index is 14.1. The van der Waals surface area contributed by atoms with Crippen LogP contribution in [0.25, 0.3) is 0 Å². The second-order valence-corrected chi connectivity index (χ2v) is 18.3. The van der Waals surface area contributed by atoms with Gasteiger partial charge >= 0.3 is 0 Å². The normalized spacial score (nSPS) is 20.2. The molecule has 0 spiro atoms.